The van der Waals surface area contributed by atoms with Gasteiger partial charge in [-0.25, -0.2) is 9.59 Å². The van der Waals surface area contributed by atoms with Crippen molar-refractivity contribution in [3.05, 3.63) is 122 Å². The molecule has 8 nitrogen and oxygen atoms in total. The lowest BCUT2D eigenvalue weighted by Gasteiger charge is -2.12. The van der Waals surface area contributed by atoms with Gasteiger partial charge in [0, 0.05) is 10.8 Å². The lowest BCUT2D eigenvalue weighted by molar-refractivity contribution is 0.0723. The molecule has 0 amide bonds. The zero-order valence-electron chi connectivity index (χ0n) is 35.9. The van der Waals surface area contributed by atoms with Crippen molar-refractivity contribution in [2.45, 2.75) is 128 Å². The molecule has 0 aliphatic heterocycles. The summed E-state index contributed by atoms with van der Waals surface area (Å²) in [5, 5.41) is 1.32. The molecule has 0 aliphatic rings. The molecule has 324 valence electrons. The maximum atomic E-state index is 13.2. The number of carbonyl (C=O) groups is 2. The van der Waals surface area contributed by atoms with Crippen LogP contribution in [0.15, 0.2) is 111 Å². The molecule has 0 radical (unpaired) electrons. The minimum absolute atomic E-state index is 0.379. The third-order valence-electron chi connectivity index (χ3n) is 10.5. The highest BCUT2D eigenvalue weighted by Gasteiger charge is 2.16. The topological polar surface area (TPSA) is 89.5 Å². The van der Waals surface area contributed by atoms with Crippen molar-refractivity contribution < 1.29 is 38.0 Å². The molecule has 0 atom stereocenters. The smallest absolute Gasteiger partial charge is 0.343 e. The Balaban J connectivity index is 1.11. The third kappa shape index (κ3) is 18.8. The molecule has 4 aromatic carbocycles. The molecule has 8 heteroatoms. The summed E-state index contributed by atoms with van der Waals surface area (Å²) in [6.07, 6.45) is 27.3. The van der Waals surface area contributed by atoms with Crippen LogP contribution in [0, 0.1) is 0 Å². The average molecular weight is 821 g/mol. The van der Waals surface area contributed by atoms with Crippen molar-refractivity contribution in [2.24, 2.45) is 0 Å². The fourth-order valence-corrected chi connectivity index (χ4v) is 7.06. The Morgan fingerprint density at radius 2 is 0.683 bits per heavy atom. The fourth-order valence-electron chi connectivity index (χ4n) is 7.06. The van der Waals surface area contributed by atoms with Crippen LogP contribution >= 0.6 is 0 Å². The second-order valence-corrected chi connectivity index (χ2v) is 15.3. The summed E-state index contributed by atoms with van der Waals surface area (Å²) in [5.74, 6) is 1.25. The van der Waals surface area contributed by atoms with Crippen LogP contribution in [0.25, 0.3) is 10.8 Å². The molecule has 4 rings (SSSR count). The Morgan fingerprint density at radius 1 is 0.383 bits per heavy atom. The highest BCUT2D eigenvalue weighted by molar-refractivity contribution is 6.00. The molecule has 0 bridgehead atoms. The van der Waals surface area contributed by atoms with Gasteiger partial charge in [-0.2, -0.15) is 0 Å². The molecule has 0 N–H and O–H groups in total. The number of rotatable bonds is 34. The Kier molecular flexibility index (Phi) is 23.6. The van der Waals surface area contributed by atoms with Crippen LogP contribution in [0.4, 0.5) is 0 Å². The van der Waals surface area contributed by atoms with E-state index in [4.69, 9.17) is 28.4 Å². The second-order valence-electron chi connectivity index (χ2n) is 15.3. The number of benzene rings is 4. The largest absolute Gasteiger partial charge is 0.502 e. The predicted octanol–water partition coefficient (Wildman–Crippen LogP) is 14.2. The SMILES string of the molecule is C=COCCCCCCCCCCCCOc1ccc(C(=O)Oc2ccc(OC(=O)c3ccc(OCCCCCCCCCCCCOC=C)cc3)c3ccccc23)cc1. The summed E-state index contributed by atoms with van der Waals surface area (Å²) < 4.78 is 33.9. The molecule has 0 aliphatic carbocycles. The molecule has 0 spiro atoms. The molecule has 0 saturated carbocycles. The highest BCUT2D eigenvalue weighted by Crippen LogP contribution is 2.34. The quantitative estimate of drug-likeness (QED) is 0.0199. The third-order valence-corrected chi connectivity index (χ3v) is 10.5. The van der Waals surface area contributed by atoms with Gasteiger partial charge in [0.25, 0.3) is 0 Å². The minimum atomic E-state index is -0.482. The van der Waals surface area contributed by atoms with Crippen molar-refractivity contribution in [3.63, 3.8) is 0 Å². The van der Waals surface area contributed by atoms with E-state index in [0.29, 0.717) is 46.6 Å². The molecular formula is C52H68O8. The van der Waals surface area contributed by atoms with Crippen LogP contribution in [0.2, 0.25) is 0 Å². The number of hydrogen-bond donors (Lipinski definition) is 0. The second kappa shape index (κ2) is 29.9. The van der Waals surface area contributed by atoms with Gasteiger partial charge in [0.2, 0.25) is 0 Å². The summed E-state index contributed by atoms with van der Waals surface area (Å²) in [4.78, 5) is 26.3. The zero-order chi connectivity index (χ0) is 42.3. The van der Waals surface area contributed by atoms with Crippen molar-refractivity contribution >= 4 is 22.7 Å². The zero-order valence-corrected chi connectivity index (χ0v) is 35.9. The number of carbonyl (C=O) groups excluding carboxylic acids is 2. The first-order valence-electron chi connectivity index (χ1n) is 22.5. The Labute approximate surface area is 359 Å². The molecule has 0 heterocycles. The van der Waals surface area contributed by atoms with E-state index in [1.165, 1.54) is 102 Å². The van der Waals surface area contributed by atoms with Gasteiger partial charge in [-0.05, 0) is 86.3 Å². The maximum absolute atomic E-state index is 13.2. The molecule has 0 unspecified atom stereocenters. The Hall–Kier alpha value is -5.24. The molecule has 0 aromatic heterocycles. The van der Waals surface area contributed by atoms with Crippen LogP contribution in [0.3, 0.4) is 0 Å². The van der Waals surface area contributed by atoms with Crippen LogP contribution in [0.1, 0.15) is 149 Å². The fraction of sp³-hybridized carbons (Fsp3) is 0.462. The van der Waals surface area contributed by atoms with E-state index in [-0.39, 0.29) is 0 Å². The summed E-state index contributed by atoms with van der Waals surface area (Å²) >= 11 is 0. The molecule has 4 aromatic rings. The van der Waals surface area contributed by atoms with Crippen molar-refractivity contribution in [1.29, 1.82) is 0 Å². The van der Waals surface area contributed by atoms with E-state index in [1.807, 2.05) is 24.3 Å². The van der Waals surface area contributed by atoms with Crippen LogP contribution in [-0.4, -0.2) is 38.4 Å². The Bertz CT molecular complexity index is 1670. The molecular weight excluding hydrogens is 753 g/mol. The monoisotopic (exact) mass is 820 g/mol. The number of hydrogen-bond acceptors (Lipinski definition) is 8. The van der Waals surface area contributed by atoms with Crippen molar-refractivity contribution in [3.8, 4) is 23.0 Å². The van der Waals surface area contributed by atoms with E-state index < -0.39 is 11.9 Å². The van der Waals surface area contributed by atoms with Gasteiger partial charge < -0.3 is 28.4 Å². The standard InChI is InChI=1S/C52H68O8/c1-3-55-39-23-17-13-9-5-7-11-15-19-25-41-57-45-33-29-43(30-34-45)51(53)59-49-37-38-50(48-28-22-21-27-47(48)49)60-52(54)44-31-35-46(36-32-44)58-42-26-20-16-12-8-6-10-14-18-24-40-56-4-2/h3-4,21-22,27-38H,1-2,5-20,23-26,39-42H2. The van der Waals surface area contributed by atoms with E-state index in [0.717, 1.165) is 63.2 Å². The average Bonchev–Trinajstić information content (AvgIpc) is 3.27. The molecule has 0 saturated heterocycles. The predicted molar refractivity (Wildman–Crippen MR) is 242 cm³/mol. The Morgan fingerprint density at radius 3 is 1.00 bits per heavy atom. The van der Waals surface area contributed by atoms with Crippen LogP contribution in [-0.2, 0) is 9.47 Å². The van der Waals surface area contributed by atoms with Gasteiger partial charge in [-0.3, -0.25) is 0 Å². The number of unbranched alkanes of at least 4 members (excludes halogenated alkanes) is 18. The minimum Gasteiger partial charge on any atom is -0.502 e. The number of fused-ring (bicyclic) bond motifs is 1. The lowest BCUT2D eigenvalue weighted by Crippen LogP contribution is -2.10. The first-order chi connectivity index (χ1) is 29.6. The summed E-state index contributed by atoms with van der Waals surface area (Å²) in [7, 11) is 0. The first kappa shape index (κ1) is 47.4. The van der Waals surface area contributed by atoms with E-state index in [1.54, 1.807) is 60.7 Å². The number of esters is 2. The van der Waals surface area contributed by atoms with Gasteiger partial charge in [0.15, 0.2) is 0 Å². The lowest BCUT2D eigenvalue weighted by atomic mass is 10.1. The highest BCUT2D eigenvalue weighted by atomic mass is 16.5. The van der Waals surface area contributed by atoms with Crippen LogP contribution in [0.5, 0.6) is 23.0 Å². The number of ether oxygens (including phenoxy) is 6. The normalized spacial score (nSPS) is 10.9. The van der Waals surface area contributed by atoms with Crippen molar-refractivity contribution in [2.75, 3.05) is 26.4 Å². The van der Waals surface area contributed by atoms with Gasteiger partial charge >= 0.3 is 11.9 Å². The summed E-state index contributed by atoms with van der Waals surface area (Å²) in [6.45, 7) is 9.99. The summed E-state index contributed by atoms with van der Waals surface area (Å²) in [6, 6.07) is 24.8. The molecule has 0 fully saturated rings. The molecule has 60 heavy (non-hydrogen) atoms. The van der Waals surface area contributed by atoms with Gasteiger partial charge in [-0.15, -0.1) is 0 Å². The van der Waals surface area contributed by atoms with Gasteiger partial charge in [0.1, 0.15) is 23.0 Å². The van der Waals surface area contributed by atoms with Gasteiger partial charge in [0.05, 0.1) is 50.1 Å². The van der Waals surface area contributed by atoms with E-state index in [9.17, 15) is 9.59 Å². The van der Waals surface area contributed by atoms with Crippen molar-refractivity contribution in [1.82, 2.24) is 0 Å². The van der Waals surface area contributed by atoms with Crippen LogP contribution < -0.4 is 18.9 Å². The van der Waals surface area contributed by atoms with E-state index in [2.05, 4.69) is 13.2 Å². The maximum Gasteiger partial charge on any atom is 0.343 e. The van der Waals surface area contributed by atoms with E-state index >= 15 is 0 Å². The first-order valence-corrected chi connectivity index (χ1v) is 22.5. The summed E-state index contributed by atoms with van der Waals surface area (Å²) in [5.41, 5.74) is 0.831. The van der Waals surface area contributed by atoms with Gasteiger partial charge in [-0.1, -0.05) is 140 Å².